The Morgan fingerprint density at radius 1 is 0.446 bits per heavy atom. The van der Waals surface area contributed by atoms with Gasteiger partial charge in [-0.1, -0.05) is 24.3 Å². The topological polar surface area (TPSA) is 436 Å². The summed E-state index contributed by atoms with van der Waals surface area (Å²) >= 11 is 0. The summed E-state index contributed by atoms with van der Waals surface area (Å²) in [6.45, 7) is -1.78. The molecule has 0 saturated carbocycles. The molecular weight excluding hydrogens is 1090 g/mol. The van der Waals surface area contributed by atoms with Crippen LogP contribution in [0, 0.1) is 0 Å². The molecule has 0 aliphatic carbocycles. The first kappa shape index (κ1) is 62.1. The predicted molar refractivity (Wildman–Crippen MR) is 256 cm³/mol. The molecule has 28 nitrogen and oxygen atoms in total. The van der Waals surface area contributed by atoms with Crippen LogP contribution in [0.3, 0.4) is 0 Å². The molecule has 0 unspecified atom stereocenters. The molecule has 0 bridgehead atoms. The van der Waals surface area contributed by atoms with Crippen LogP contribution < -0.4 is 112 Å². The normalized spacial score (nSPS) is 11.8. The maximum Gasteiger partial charge on any atom is 1.00 e. The van der Waals surface area contributed by atoms with Gasteiger partial charge < -0.3 is 60.6 Å². The maximum atomic E-state index is 12.6. The van der Waals surface area contributed by atoms with E-state index in [9.17, 15) is 72.3 Å². The fraction of sp³-hybridized carbons (Fsp3) is 0.200. The van der Waals surface area contributed by atoms with E-state index in [1.807, 2.05) is 0 Å². The third-order valence-electron chi connectivity index (χ3n) is 9.63. The van der Waals surface area contributed by atoms with Crippen molar-refractivity contribution >= 4 is 111 Å². The fourth-order valence-electron chi connectivity index (χ4n) is 6.39. The van der Waals surface area contributed by atoms with Crippen molar-refractivity contribution in [3.63, 3.8) is 0 Å². The molecular formula is C40H42KN12NaO16S4. The summed E-state index contributed by atoms with van der Waals surface area (Å²) in [4.78, 5) is 26.0. The first-order valence-electron chi connectivity index (χ1n) is 20.5. The van der Waals surface area contributed by atoms with E-state index in [4.69, 9.17) is 0 Å². The van der Waals surface area contributed by atoms with Crippen molar-refractivity contribution in [1.29, 1.82) is 0 Å². The smallest absolute Gasteiger partial charge is 0.744 e. The van der Waals surface area contributed by atoms with Crippen molar-refractivity contribution in [2.75, 3.05) is 83.7 Å². The summed E-state index contributed by atoms with van der Waals surface area (Å²) in [6, 6.07) is 16.4. The van der Waals surface area contributed by atoms with E-state index < -0.39 is 60.1 Å². The van der Waals surface area contributed by atoms with Gasteiger partial charge in [-0.2, -0.15) is 46.7 Å². The molecule has 74 heavy (non-hydrogen) atoms. The van der Waals surface area contributed by atoms with Crippen LogP contribution in [0.25, 0.3) is 12.2 Å². The fourth-order valence-corrected chi connectivity index (χ4v) is 8.74. The SMILES string of the molecule is O=S(=O)([O-])c1cc(Nc2nc(Nc3ccc(S(=O)(=O)O)cc3)nc(N(CCO)CCO)n2)ccc1/C=C/c1ccc(Nc2nc(Nc3ccc(S(=O)(=O)O)cc3)nc(N(CCO)CCO)n2)cc1S(=O)(=O)[O-].[K+].[Na+]. The van der Waals surface area contributed by atoms with E-state index in [0.29, 0.717) is 0 Å². The zero-order valence-corrected chi connectivity index (χ0v) is 47.3. The van der Waals surface area contributed by atoms with E-state index >= 15 is 0 Å². The number of aromatic nitrogens is 6. The summed E-state index contributed by atoms with van der Waals surface area (Å²) in [7, 11) is -19.6. The average molecular weight is 1140 g/mol. The number of aliphatic hydroxyl groups is 4. The van der Waals surface area contributed by atoms with Crippen molar-refractivity contribution in [2.45, 2.75) is 19.6 Å². The molecule has 6 rings (SSSR count). The van der Waals surface area contributed by atoms with Crippen LogP contribution in [-0.2, 0) is 40.5 Å². The zero-order valence-electron chi connectivity index (χ0n) is 38.9. The Balaban J connectivity index is 0.00000593. The summed E-state index contributed by atoms with van der Waals surface area (Å²) in [5.74, 6) is -1.04. The molecule has 10 N–H and O–H groups in total. The Kier molecular flexibility index (Phi) is 22.7. The van der Waals surface area contributed by atoms with Gasteiger partial charge in [0.25, 0.3) is 20.2 Å². The Morgan fingerprint density at radius 3 is 0.973 bits per heavy atom. The quantitative estimate of drug-likeness (QED) is 0.0154. The molecule has 0 amide bonds. The van der Waals surface area contributed by atoms with Gasteiger partial charge in [0.2, 0.25) is 35.7 Å². The second-order valence-corrected chi connectivity index (χ2v) is 20.2. The van der Waals surface area contributed by atoms with Crippen molar-refractivity contribution in [1.82, 2.24) is 29.9 Å². The van der Waals surface area contributed by atoms with Crippen molar-refractivity contribution < 1.29 is 153 Å². The average Bonchev–Trinajstić information content (AvgIpc) is 3.30. The predicted octanol–water partition coefficient (Wildman–Crippen LogP) is -4.91. The molecule has 2 heterocycles. The van der Waals surface area contributed by atoms with Gasteiger partial charge in [0.15, 0.2) is 0 Å². The maximum absolute atomic E-state index is 12.6. The Bertz CT molecular complexity index is 3170. The number of nitrogens with one attached hydrogen (secondary N) is 4. The van der Waals surface area contributed by atoms with E-state index in [1.165, 1.54) is 58.3 Å². The van der Waals surface area contributed by atoms with Crippen molar-refractivity contribution in [3.05, 3.63) is 96.1 Å². The minimum Gasteiger partial charge on any atom is -0.744 e. The number of rotatable bonds is 24. The zero-order chi connectivity index (χ0) is 52.4. The number of hydrogen-bond acceptors (Lipinski definition) is 26. The van der Waals surface area contributed by atoms with Crippen molar-refractivity contribution in [3.8, 4) is 0 Å². The number of benzene rings is 4. The first-order valence-corrected chi connectivity index (χ1v) is 26.2. The second kappa shape index (κ2) is 27.0. The molecule has 6 aromatic rings. The Labute approximate surface area is 488 Å². The molecule has 0 atom stereocenters. The van der Waals surface area contributed by atoms with E-state index in [2.05, 4.69) is 51.2 Å². The molecule has 4 aromatic carbocycles. The van der Waals surface area contributed by atoms with Gasteiger partial charge in [0.1, 0.15) is 20.2 Å². The Hall–Kier alpha value is -4.44. The number of nitrogens with zero attached hydrogens (tertiary/aromatic N) is 8. The van der Waals surface area contributed by atoms with Crippen LogP contribution in [0.2, 0.25) is 0 Å². The standard InChI is InChI=1S/C40H44N12O16S4.K.Na/c53-19-15-51(16-20-54)39-47-35(41-27-7-11-31(12-8-27)69(57,58)59)45-37(49-39)43-29-5-3-25(33(23-29)71(63,64)65)1-2-26-4-6-30(24-34(26)72(66,67)68)44-38-46-36(48-40(50-38)52(17-21-55)18-22-56)42-28-9-13-32(14-10-28)70(60,61)62;;/h1-14,23-24,53-56H,15-22H2,(H,57,58,59)(H,60,61,62)(H,63,64,65)(H,66,67,68)(H2,41,43,45,47,49)(H2,42,44,46,48,50);;/q;2*+1/p-2/b2-1+;;. The first-order chi connectivity index (χ1) is 34.0. The van der Waals surface area contributed by atoms with Gasteiger partial charge in [-0.3, -0.25) is 9.11 Å². The summed E-state index contributed by atoms with van der Waals surface area (Å²) in [6.07, 6.45) is 2.14. The number of hydrogen-bond donors (Lipinski definition) is 10. The van der Waals surface area contributed by atoms with E-state index in [-0.39, 0.29) is 203 Å². The van der Waals surface area contributed by atoms with Crippen LogP contribution in [0.4, 0.5) is 58.4 Å². The molecule has 0 fully saturated rings. The van der Waals surface area contributed by atoms with Gasteiger partial charge in [-0.25, -0.2) is 16.8 Å². The van der Waals surface area contributed by atoms with Gasteiger partial charge in [-0.15, -0.1) is 0 Å². The number of anilines is 10. The van der Waals surface area contributed by atoms with Crippen molar-refractivity contribution in [2.24, 2.45) is 0 Å². The summed E-state index contributed by atoms with van der Waals surface area (Å²) < 4.78 is 141. The third-order valence-corrected chi connectivity index (χ3v) is 13.1. The number of aliphatic hydroxyl groups excluding tert-OH is 4. The molecule has 0 aliphatic heterocycles. The molecule has 2 aromatic heterocycles. The minimum absolute atomic E-state index is 0. The summed E-state index contributed by atoms with van der Waals surface area (Å²) in [5.41, 5.74) is -0.161. The molecule has 0 aliphatic rings. The Morgan fingerprint density at radius 2 is 0.716 bits per heavy atom. The molecule has 0 radical (unpaired) electrons. The summed E-state index contributed by atoms with van der Waals surface area (Å²) in [5, 5.41) is 49.7. The van der Waals surface area contributed by atoms with Gasteiger partial charge in [-0.05, 0) is 83.9 Å². The van der Waals surface area contributed by atoms with Crippen LogP contribution in [0.1, 0.15) is 11.1 Å². The third kappa shape index (κ3) is 17.6. The van der Waals surface area contributed by atoms with Gasteiger partial charge in [0, 0.05) is 48.9 Å². The second-order valence-electron chi connectivity index (χ2n) is 14.7. The molecule has 384 valence electrons. The minimum atomic E-state index is -5.29. The van der Waals surface area contributed by atoms with Gasteiger partial charge >= 0.3 is 80.9 Å². The van der Waals surface area contributed by atoms with E-state index in [0.717, 1.165) is 48.6 Å². The van der Waals surface area contributed by atoms with E-state index in [1.54, 1.807) is 0 Å². The van der Waals surface area contributed by atoms with Crippen LogP contribution >= 0.6 is 0 Å². The monoisotopic (exact) mass is 1140 g/mol. The molecule has 34 heteroatoms. The van der Waals surface area contributed by atoms with Crippen LogP contribution in [0.5, 0.6) is 0 Å². The van der Waals surface area contributed by atoms with Gasteiger partial charge in [0.05, 0.1) is 46.0 Å². The largest absolute Gasteiger partial charge is 1.00 e. The van der Waals surface area contributed by atoms with Crippen LogP contribution in [-0.4, -0.2) is 155 Å². The van der Waals surface area contributed by atoms with Crippen LogP contribution in [0.15, 0.2) is 105 Å². The molecule has 0 spiro atoms. The molecule has 0 saturated heterocycles.